The molecule has 1 saturated carbocycles. The molecule has 1 aromatic rings. The highest BCUT2D eigenvalue weighted by atomic mass is 79.9. The number of benzene rings is 1. The lowest BCUT2D eigenvalue weighted by Gasteiger charge is -2.44. The average Bonchev–Trinajstić information content (AvgIpc) is 2.29. The molecule has 0 atom stereocenters. The minimum absolute atomic E-state index is 0.402. The summed E-state index contributed by atoms with van der Waals surface area (Å²) in [5.41, 5.74) is -0.681. The van der Waals surface area contributed by atoms with E-state index in [1.165, 1.54) is 0 Å². The Bertz CT molecular complexity index is 662. The van der Waals surface area contributed by atoms with Crippen LogP contribution in [-0.4, -0.2) is 17.8 Å². The predicted molar refractivity (Wildman–Crippen MR) is 86.9 cm³/mol. The SMILES string of the molecule is O=C1NC(=O)C2(CCC2)C(=O)N1c1c(Br)cc(Br)cc1Br. The molecule has 0 bridgehead atoms. The van der Waals surface area contributed by atoms with Crippen LogP contribution in [0.5, 0.6) is 0 Å². The fraction of sp³-hybridized carbons (Fsp3) is 0.308. The quantitative estimate of drug-likeness (QED) is 0.623. The lowest BCUT2D eigenvalue weighted by Crippen LogP contribution is -2.66. The Hall–Kier alpha value is -0.730. The zero-order valence-electron chi connectivity index (χ0n) is 10.6. The van der Waals surface area contributed by atoms with E-state index in [1.54, 1.807) is 12.1 Å². The summed E-state index contributed by atoms with van der Waals surface area (Å²) in [5.74, 6) is -0.935. The summed E-state index contributed by atoms with van der Waals surface area (Å²) in [4.78, 5) is 37.9. The van der Waals surface area contributed by atoms with Crippen LogP contribution in [0, 0.1) is 5.41 Å². The van der Waals surface area contributed by atoms with E-state index in [4.69, 9.17) is 0 Å². The Kier molecular flexibility index (Phi) is 3.74. The van der Waals surface area contributed by atoms with Crippen LogP contribution in [0.1, 0.15) is 19.3 Å². The molecule has 1 aromatic carbocycles. The van der Waals surface area contributed by atoms with Crippen LogP contribution in [0.4, 0.5) is 10.5 Å². The number of rotatable bonds is 1. The molecule has 1 heterocycles. The van der Waals surface area contributed by atoms with Crippen molar-refractivity contribution in [3.05, 3.63) is 25.6 Å². The second kappa shape index (κ2) is 5.17. The second-order valence-electron chi connectivity index (χ2n) is 5.05. The number of nitrogens with one attached hydrogen (secondary N) is 1. The summed E-state index contributed by atoms with van der Waals surface area (Å²) in [6.45, 7) is 0. The van der Waals surface area contributed by atoms with Crippen LogP contribution < -0.4 is 10.2 Å². The fourth-order valence-corrected chi connectivity index (χ4v) is 5.21. The zero-order chi connectivity index (χ0) is 15.4. The maximum Gasteiger partial charge on any atom is 0.335 e. The summed E-state index contributed by atoms with van der Waals surface area (Å²) < 4.78 is 1.96. The van der Waals surface area contributed by atoms with Crippen molar-refractivity contribution < 1.29 is 14.4 Å². The Labute approximate surface area is 145 Å². The number of hydrogen-bond acceptors (Lipinski definition) is 3. The molecule has 2 aliphatic rings. The smallest absolute Gasteiger partial charge is 0.276 e. The van der Waals surface area contributed by atoms with Gasteiger partial charge in [0.15, 0.2) is 0 Å². The number of amides is 4. The summed E-state index contributed by atoms with van der Waals surface area (Å²) in [6.07, 6.45) is 1.77. The van der Waals surface area contributed by atoms with Crippen LogP contribution in [0.2, 0.25) is 0 Å². The summed E-state index contributed by atoms with van der Waals surface area (Å²) in [7, 11) is 0. The molecule has 0 unspecified atom stereocenters. The van der Waals surface area contributed by atoms with Gasteiger partial charge in [0.1, 0.15) is 5.41 Å². The zero-order valence-corrected chi connectivity index (χ0v) is 15.3. The standard InChI is InChI=1S/C13H9Br3N2O3/c14-6-4-7(15)9(8(16)5-6)18-11(20)13(2-1-3-13)10(19)17-12(18)21/h4-5H,1-3H2,(H,17,19,21). The van der Waals surface area contributed by atoms with Crippen molar-refractivity contribution in [1.29, 1.82) is 0 Å². The lowest BCUT2D eigenvalue weighted by molar-refractivity contribution is -0.148. The number of imide groups is 2. The van der Waals surface area contributed by atoms with Crippen molar-refractivity contribution in [2.75, 3.05) is 4.90 Å². The van der Waals surface area contributed by atoms with Gasteiger partial charge in [-0.3, -0.25) is 14.9 Å². The van der Waals surface area contributed by atoms with E-state index in [1.807, 2.05) is 0 Å². The number of urea groups is 1. The van der Waals surface area contributed by atoms with Crippen LogP contribution in [0.25, 0.3) is 0 Å². The maximum absolute atomic E-state index is 12.7. The first-order valence-corrected chi connectivity index (χ1v) is 8.59. The number of barbiturate groups is 1. The third kappa shape index (κ3) is 2.19. The molecule has 2 fully saturated rings. The number of halogens is 3. The molecule has 1 aliphatic carbocycles. The molecule has 1 saturated heterocycles. The van der Waals surface area contributed by atoms with E-state index in [0.29, 0.717) is 27.5 Å². The second-order valence-corrected chi connectivity index (χ2v) is 7.68. The Morgan fingerprint density at radius 2 is 1.62 bits per heavy atom. The Balaban J connectivity index is 2.11. The van der Waals surface area contributed by atoms with Crippen molar-refractivity contribution in [3.8, 4) is 0 Å². The van der Waals surface area contributed by atoms with Gasteiger partial charge in [0, 0.05) is 13.4 Å². The monoisotopic (exact) mass is 478 g/mol. The Morgan fingerprint density at radius 1 is 1.05 bits per heavy atom. The molecule has 0 radical (unpaired) electrons. The van der Waals surface area contributed by atoms with Crippen LogP contribution in [0.3, 0.4) is 0 Å². The molecule has 0 aromatic heterocycles. The minimum atomic E-state index is -1.08. The van der Waals surface area contributed by atoms with E-state index in [0.717, 1.165) is 15.8 Å². The molecule has 1 N–H and O–H groups in total. The molecular formula is C13H9Br3N2O3. The van der Waals surface area contributed by atoms with Crippen molar-refractivity contribution in [2.45, 2.75) is 19.3 Å². The van der Waals surface area contributed by atoms with Gasteiger partial charge in [-0.1, -0.05) is 22.4 Å². The van der Waals surface area contributed by atoms with Gasteiger partial charge in [-0.05, 0) is 56.8 Å². The van der Waals surface area contributed by atoms with Crippen LogP contribution in [0.15, 0.2) is 25.6 Å². The Morgan fingerprint density at radius 3 is 2.10 bits per heavy atom. The van der Waals surface area contributed by atoms with Crippen molar-refractivity contribution in [3.63, 3.8) is 0 Å². The summed E-state index contributed by atoms with van der Waals surface area (Å²) in [5, 5.41) is 2.29. The molecule has 8 heteroatoms. The fourth-order valence-electron chi connectivity index (χ4n) is 2.60. The highest BCUT2D eigenvalue weighted by molar-refractivity contribution is 9.11. The highest BCUT2D eigenvalue weighted by Crippen LogP contribution is 2.47. The van der Waals surface area contributed by atoms with E-state index >= 15 is 0 Å². The predicted octanol–water partition coefficient (Wildman–Crippen LogP) is 3.73. The van der Waals surface area contributed by atoms with Crippen LogP contribution >= 0.6 is 47.8 Å². The average molecular weight is 481 g/mol. The first-order valence-electron chi connectivity index (χ1n) is 6.21. The number of hydrogen-bond donors (Lipinski definition) is 1. The first-order chi connectivity index (χ1) is 9.86. The summed E-state index contributed by atoms with van der Waals surface area (Å²) in [6, 6.07) is 2.76. The molecule has 1 spiro atoms. The number of carbonyl (C=O) groups is 3. The lowest BCUT2D eigenvalue weighted by atomic mass is 9.66. The van der Waals surface area contributed by atoms with Gasteiger partial charge in [0.2, 0.25) is 5.91 Å². The maximum atomic E-state index is 12.7. The van der Waals surface area contributed by atoms with Gasteiger partial charge >= 0.3 is 6.03 Å². The van der Waals surface area contributed by atoms with Gasteiger partial charge in [0.25, 0.3) is 5.91 Å². The highest BCUT2D eigenvalue weighted by Gasteiger charge is 2.58. The van der Waals surface area contributed by atoms with E-state index in [2.05, 4.69) is 53.1 Å². The topological polar surface area (TPSA) is 66.5 Å². The van der Waals surface area contributed by atoms with E-state index < -0.39 is 23.3 Å². The van der Waals surface area contributed by atoms with E-state index in [-0.39, 0.29) is 0 Å². The van der Waals surface area contributed by atoms with Crippen molar-refractivity contribution in [2.24, 2.45) is 5.41 Å². The molecule has 21 heavy (non-hydrogen) atoms. The van der Waals surface area contributed by atoms with Crippen molar-refractivity contribution in [1.82, 2.24) is 5.32 Å². The molecule has 5 nitrogen and oxygen atoms in total. The van der Waals surface area contributed by atoms with Crippen LogP contribution in [-0.2, 0) is 9.59 Å². The molecule has 4 amide bonds. The van der Waals surface area contributed by atoms with Gasteiger partial charge in [-0.2, -0.15) is 0 Å². The third-order valence-corrected chi connectivity index (χ3v) is 5.55. The number of nitrogens with zero attached hydrogens (tertiary/aromatic N) is 1. The normalized spacial score (nSPS) is 20.5. The van der Waals surface area contributed by atoms with Crippen molar-refractivity contribution >= 4 is 71.3 Å². The van der Waals surface area contributed by atoms with Gasteiger partial charge in [-0.15, -0.1) is 0 Å². The number of carbonyl (C=O) groups excluding carboxylic acids is 3. The van der Waals surface area contributed by atoms with E-state index in [9.17, 15) is 14.4 Å². The molecular weight excluding hydrogens is 472 g/mol. The molecule has 3 rings (SSSR count). The molecule has 1 aliphatic heterocycles. The third-order valence-electron chi connectivity index (χ3n) is 3.88. The first kappa shape index (κ1) is 15.2. The van der Waals surface area contributed by atoms with Gasteiger partial charge in [-0.25, -0.2) is 9.69 Å². The molecule has 110 valence electrons. The van der Waals surface area contributed by atoms with Gasteiger partial charge in [0.05, 0.1) is 5.69 Å². The summed E-state index contributed by atoms with van der Waals surface area (Å²) >= 11 is 10.1. The van der Waals surface area contributed by atoms with Gasteiger partial charge < -0.3 is 0 Å². The largest absolute Gasteiger partial charge is 0.335 e. The number of anilines is 1. The minimum Gasteiger partial charge on any atom is -0.276 e.